The van der Waals surface area contributed by atoms with Crippen LogP contribution in [0.2, 0.25) is 0 Å². The lowest BCUT2D eigenvalue weighted by Gasteiger charge is -2.27. The molecule has 1 saturated heterocycles. The number of hydrogen-bond donors (Lipinski definition) is 0. The van der Waals surface area contributed by atoms with E-state index in [1.165, 1.54) is 0 Å². The maximum atomic E-state index is 13.1. The van der Waals surface area contributed by atoms with Crippen LogP contribution in [0.1, 0.15) is 5.56 Å². The zero-order chi connectivity index (χ0) is 18.8. The molecule has 5 heteroatoms. The summed E-state index contributed by atoms with van der Waals surface area (Å²) in [5.41, 5.74) is 3.31. The summed E-state index contributed by atoms with van der Waals surface area (Å²) in [5.74, 6) is 0.0452. The standard InChI is InChI=1S/C22H22N2O3/c1-16-7-8-18-20(13-16)24(15-21(25)23-9-11-27-12-10-23)14-19(22(18)26)17-5-3-2-4-6-17/h2-8,13-14H,9-12,15H2,1H3. The van der Waals surface area contributed by atoms with E-state index in [1.807, 2.05) is 71.1 Å². The second-order valence-corrected chi connectivity index (χ2v) is 6.88. The summed E-state index contributed by atoms with van der Waals surface area (Å²) in [6, 6.07) is 15.4. The van der Waals surface area contributed by atoms with Gasteiger partial charge in [0, 0.05) is 30.2 Å². The molecule has 1 aliphatic heterocycles. The SMILES string of the molecule is Cc1ccc2c(=O)c(-c3ccccc3)cn(CC(=O)N3CCOCC3)c2c1. The Morgan fingerprint density at radius 1 is 1.07 bits per heavy atom. The molecule has 1 aliphatic rings. The van der Waals surface area contributed by atoms with E-state index in [4.69, 9.17) is 4.74 Å². The van der Waals surface area contributed by atoms with E-state index < -0.39 is 0 Å². The topological polar surface area (TPSA) is 51.5 Å². The molecule has 4 rings (SSSR count). The third kappa shape index (κ3) is 3.51. The van der Waals surface area contributed by atoms with Crippen molar-refractivity contribution in [2.45, 2.75) is 13.5 Å². The van der Waals surface area contributed by atoms with Crippen LogP contribution in [-0.2, 0) is 16.1 Å². The number of ether oxygens (including phenoxy) is 1. The number of carbonyl (C=O) groups excluding carboxylic acids is 1. The zero-order valence-electron chi connectivity index (χ0n) is 15.4. The lowest BCUT2D eigenvalue weighted by Crippen LogP contribution is -2.42. The monoisotopic (exact) mass is 362 g/mol. The number of aromatic nitrogens is 1. The molecule has 3 aromatic rings. The molecule has 5 nitrogen and oxygen atoms in total. The number of hydrogen-bond acceptors (Lipinski definition) is 3. The molecule has 27 heavy (non-hydrogen) atoms. The molecule has 0 unspecified atom stereocenters. The molecule has 0 atom stereocenters. The van der Waals surface area contributed by atoms with Crippen molar-refractivity contribution >= 4 is 16.8 Å². The highest BCUT2D eigenvalue weighted by molar-refractivity contribution is 5.86. The first-order chi connectivity index (χ1) is 13.1. The first kappa shape index (κ1) is 17.5. The number of benzene rings is 2. The second kappa shape index (κ2) is 7.37. The molecule has 2 aromatic carbocycles. The van der Waals surface area contributed by atoms with E-state index in [2.05, 4.69) is 0 Å². The van der Waals surface area contributed by atoms with Gasteiger partial charge >= 0.3 is 0 Å². The van der Waals surface area contributed by atoms with E-state index in [0.717, 1.165) is 16.6 Å². The van der Waals surface area contributed by atoms with Crippen molar-refractivity contribution in [1.82, 2.24) is 9.47 Å². The van der Waals surface area contributed by atoms with Crippen LogP contribution in [0.15, 0.2) is 59.5 Å². The Morgan fingerprint density at radius 3 is 2.56 bits per heavy atom. The highest BCUT2D eigenvalue weighted by Crippen LogP contribution is 2.21. The third-order valence-corrected chi connectivity index (χ3v) is 4.99. The minimum Gasteiger partial charge on any atom is -0.378 e. The van der Waals surface area contributed by atoms with Gasteiger partial charge in [0.2, 0.25) is 5.91 Å². The van der Waals surface area contributed by atoms with E-state index in [9.17, 15) is 9.59 Å². The lowest BCUT2D eigenvalue weighted by molar-refractivity contribution is -0.135. The molecule has 138 valence electrons. The molecular formula is C22H22N2O3. The quantitative estimate of drug-likeness (QED) is 0.720. The summed E-state index contributed by atoms with van der Waals surface area (Å²) in [7, 11) is 0. The minimum absolute atomic E-state index is 0.00808. The first-order valence-electron chi connectivity index (χ1n) is 9.18. The van der Waals surface area contributed by atoms with Gasteiger partial charge in [0.05, 0.1) is 18.7 Å². The van der Waals surface area contributed by atoms with Crippen molar-refractivity contribution in [1.29, 1.82) is 0 Å². The fourth-order valence-corrected chi connectivity index (χ4v) is 3.51. The third-order valence-electron chi connectivity index (χ3n) is 4.99. The number of morpholine rings is 1. The number of pyridine rings is 1. The van der Waals surface area contributed by atoms with Crippen molar-refractivity contribution in [3.05, 3.63) is 70.5 Å². The molecule has 1 fully saturated rings. The molecular weight excluding hydrogens is 340 g/mol. The highest BCUT2D eigenvalue weighted by atomic mass is 16.5. The van der Waals surface area contributed by atoms with Crippen LogP contribution in [0.4, 0.5) is 0 Å². The van der Waals surface area contributed by atoms with Gasteiger partial charge in [-0.1, -0.05) is 36.4 Å². The number of rotatable bonds is 3. The van der Waals surface area contributed by atoms with Gasteiger partial charge in [-0.25, -0.2) is 0 Å². The molecule has 2 heterocycles. The fraction of sp³-hybridized carbons (Fsp3) is 0.273. The summed E-state index contributed by atoms with van der Waals surface area (Å²) in [5, 5.41) is 0.636. The van der Waals surface area contributed by atoms with Crippen molar-refractivity contribution in [3.63, 3.8) is 0 Å². The van der Waals surface area contributed by atoms with Crippen molar-refractivity contribution in [3.8, 4) is 11.1 Å². The van der Waals surface area contributed by atoms with E-state index >= 15 is 0 Å². The van der Waals surface area contributed by atoms with Gasteiger partial charge in [-0.3, -0.25) is 9.59 Å². The maximum Gasteiger partial charge on any atom is 0.242 e. The Morgan fingerprint density at radius 2 is 1.81 bits per heavy atom. The van der Waals surface area contributed by atoms with Gasteiger partial charge in [-0.15, -0.1) is 0 Å². The fourth-order valence-electron chi connectivity index (χ4n) is 3.51. The van der Waals surface area contributed by atoms with Gasteiger partial charge in [0.1, 0.15) is 6.54 Å². The van der Waals surface area contributed by atoms with Gasteiger partial charge in [-0.05, 0) is 30.2 Å². The zero-order valence-corrected chi connectivity index (χ0v) is 15.4. The molecule has 1 amide bonds. The summed E-state index contributed by atoms with van der Waals surface area (Å²) in [4.78, 5) is 27.7. The number of fused-ring (bicyclic) bond motifs is 1. The number of nitrogens with zero attached hydrogens (tertiary/aromatic N) is 2. The Balaban J connectivity index is 1.82. The Bertz CT molecular complexity index is 1030. The average molecular weight is 362 g/mol. The Hall–Kier alpha value is -2.92. The van der Waals surface area contributed by atoms with Gasteiger partial charge in [0.25, 0.3) is 0 Å². The van der Waals surface area contributed by atoms with Gasteiger partial charge in [0.15, 0.2) is 5.43 Å². The Kier molecular flexibility index (Phi) is 4.77. The summed E-state index contributed by atoms with van der Waals surface area (Å²) in [6.07, 6.45) is 1.82. The Labute approximate surface area is 157 Å². The van der Waals surface area contributed by atoms with Crippen LogP contribution in [0.5, 0.6) is 0 Å². The van der Waals surface area contributed by atoms with Crippen LogP contribution >= 0.6 is 0 Å². The van der Waals surface area contributed by atoms with Crippen molar-refractivity contribution in [2.75, 3.05) is 26.3 Å². The van der Waals surface area contributed by atoms with Crippen molar-refractivity contribution in [2.24, 2.45) is 0 Å². The summed E-state index contributed by atoms with van der Waals surface area (Å²) >= 11 is 0. The summed E-state index contributed by atoms with van der Waals surface area (Å²) < 4.78 is 7.24. The molecule has 0 aliphatic carbocycles. The highest BCUT2D eigenvalue weighted by Gasteiger charge is 2.19. The normalized spacial score (nSPS) is 14.5. The molecule has 1 aromatic heterocycles. The summed E-state index contributed by atoms with van der Waals surface area (Å²) in [6.45, 7) is 4.57. The van der Waals surface area contributed by atoms with E-state index in [1.54, 1.807) is 0 Å². The minimum atomic E-state index is -0.00808. The van der Waals surface area contributed by atoms with Gasteiger partial charge in [-0.2, -0.15) is 0 Å². The van der Waals surface area contributed by atoms with Crippen LogP contribution in [-0.4, -0.2) is 41.7 Å². The maximum absolute atomic E-state index is 13.1. The number of carbonyl (C=O) groups is 1. The molecule has 0 bridgehead atoms. The predicted octanol–water partition coefficient (Wildman–Crippen LogP) is 2.84. The molecule has 0 radical (unpaired) electrons. The second-order valence-electron chi connectivity index (χ2n) is 6.88. The number of aryl methyl sites for hydroxylation is 1. The van der Waals surface area contributed by atoms with Crippen LogP contribution in [0, 0.1) is 6.92 Å². The molecule has 0 saturated carbocycles. The number of amides is 1. The van der Waals surface area contributed by atoms with Crippen molar-refractivity contribution < 1.29 is 9.53 Å². The molecule has 0 spiro atoms. The van der Waals surface area contributed by atoms with Crippen LogP contribution < -0.4 is 5.43 Å². The van der Waals surface area contributed by atoms with Crippen LogP contribution in [0.25, 0.3) is 22.0 Å². The first-order valence-corrected chi connectivity index (χ1v) is 9.18. The van der Waals surface area contributed by atoms with E-state index in [0.29, 0.717) is 37.3 Å². The van der Waals surface area contributed by atoms with E-state index in [-0.39, 0.29) is 17.9 Å². The predicted molar refractivity (Wildman–Crippen MR) is 106 cm³/mol. The van der Waals surface area contributed by atoms with Crippen LogP contribution in [0.3, 0.4) is 0 Å². The average Bonchev–Trinajstić information content (AvgIpc) is 2.71. The lowest BCUT2D eigenvalue weighted by atomic mass is 10.0. The van der Waals surface area contributed by atoms with Gasteiger partial charge < -0.3 is 14.2 Å². The smallest absolute Gasteiger partial charge is 0.242 e. The molecule has 0 N–H and O–H groups in total. The largest absolute Gasteiger partial charge is 0.378 e.